The van der Waals surface area contributed by atoms with Crippen LogP contribution in [0.3, 0.4) is 0 Å². The zero-order valence-corrected chi connectivity index (χ0v) is 20.2. The van der Waals surface area contributed by atoms with Gasteiger partial charge in [-0.25, -0.2) is 0 Å². The maximum atomic E-state index is 13.2. The highest BCUT2D eigenvalue weighted by atomic mass is 16.7. The van der Waals surface area contributed by atoms with Gasteiger partial charge in [0.25, 0.3) is 0 Å². The Bertz CT molecular complexity index is 1100. The molecule has 2 aromatic carbocycles. The third-order valence-corrected chi connectivity index (χ3v) is 6.28. The third-order valence-electron chi connectivity index (χ3n) is 6.28. The monoisotopic (exact) mass is 483 g/mol. The Morgan fingerprint density at radius 2 is 1.74 bits per heavy atom. The number of oxime groups is 1. The van der Waals surface area contributed by atoms with Gasteiger partial charge in [-0.3, -0.25) is 4.79 Å². The van der Waals surface area contributed by atoms with Gasteiger partial charge in [0.05, 0.1) is 34.4 Å². The topological polar surface area (TPSA) is 94.0 Å². The molecule has 1 aliphatic heterocycles. The van der Waals surface area contributed by atoms with Gasteiger partial charge in [-0.15, -0.1) is 0 Å². The number of hydrogen-bond acceptors (Lipinski definition) is 9. The Kier molecular flexibility index (Phi) is 7.33. The summed E-state index contributed by atoms with van der Waals surface area (Å²) in [7, 11) is 6.03. The lowest BCUT2D eigenvalue weighted by Crippen LogP contribution is -2.37. The van der Waals surface area contributed by atoms with E-state index in [-0.39, 0.29) is 25.3 Å². The molecule has 0 spiro atoms. The number of benzene rings is 2. The van der Waals surface area contributed by atoms with Gasteiger partial charge in [-0.1, -0.05) is 17.8 Å². The number of ether oxygens (including phenoxy) is 6. The summed E-state index contributed by atoms with van der Waals surface area (Å²) in [6, 6.07) is 7.60. The molecule has 186 valence electrons. The van der Waals surface area contributed by atoms with Crippen molar-refractivity contribution in [2.75, 3.05) is 41.8 Å². The van der Waals surface area contributed by atoms with Crippen molar-refractivity contribution in [3.05, 3.63) is 53.6 Å². The first-order valence-electron chi connectivity index (χ1n) is 11.1. The maximum Gasteiger partial charge on any atom is 0.310 e. The molecule has 0 aromatic heterocycles. The Labute approximate surface area is 204 Å². The van der Waals surface area contributed by atoms with Crippen LogP contribution >= 0.6 is 0 Å². The summed E-state index contributed by atoms with van der Waals surface area (Å²) in [5, 5.41) is 4.09. The number of hydrogen-bond donors (Lipinski definition) is 0. The number of nitrogens with zero attached hydrogens (tertiary/aromatic N) is 1. The number of methoxy groups -OCH3 is 4. The van der Waals surface area contributed by atoms with Gasteiger partial charge in [0, 0.05) is 18.1 Å². The quantitative estimate of drug-likeness (QED) is 0.175. The predicted octanol–water partition coefficient (Wildman–Crippen LogP) is 3.72. The van der Waals surface area contributed by atoms with Crippen LogP contribution in [-0.2, 0) is 20.8 Å². The minimum atomic E-state index is -0.605. The van der Waals surface area contributed by atoms with E-state index in [0.29, 0.717) is 35.2 Å². The number of rotatable bonds is 9. The molecular formula is C26H29NO8. The first-order valence-corrected chi connectivity index (χ1v) is 11.1. The molecule has 9 nitrogen and oxygen atoms in total. The molecule has 0 N–H and O–H groups in total. The highest BCUT2D eigenvalue weighted by molar-refractivity contribution is 5.81. The molecule has 0 radical (unpaired) electrons. The summed E-state index contributed by atoms with van der Waals surface area (Å²) in [6.45, 7) is 4.04. The van der Waals surface area contributed by atoms with Gasteiger partial charge in [0.1, 0.15) is 6.61 Å². The van der Waals surface area contributed by atoms with Crippen LogP contribution in [-0.4, -0.2) is 54.0 Å². The van der Waals surface area contributed by atoms with Gasteiger partial charge in [0.2, 0.25) is 12.5 Å². The maximum absolute atomic E-state index is 13.2. The van der Waals surface area contributed by atoms with Crippen LogP contribution < -0.4 is 23.7 Å². The fraction of sp³-hybridized carbons (Fsp3) is 0.385. The van der Waals surface area contributed by atoms with E-state index in [4.69, 9.17) is 33.3 Å². The average molecular weight is 484 g/mol. The highest BCUT2D eigenvalue weighted by Gasteiger charge is 2.44. The molecule has 35 heavy (non-hydrogen) atoms. The van der Waals surface area contributed by atoms with Crippen molar-refractivity contribution in [1.82, 2.24) is 0 Å². The molecule has 1 heterocycles. The van der Waals surface area contributed by atoms with Gasteiger partial charge >= 0.3 is 5.97 Å². The van der Waals surface area contributed by atoms with Crippen molar-refractivity contribution >= 4 is 12.2 Å². The van der Waals surface area contributed by atoms with Gasteiger partial charge in [-0.2, -0.15) is 0 Å². The van der Waals surface area contributed by atoms with E-state index in [1.54, 1.807) is 33.6 Å². The largest absolute Gasteiger partial charge is 0.493 e. The van der Waals surface area contributed by atoms with Crippen LogP contribution in [0.2, 0.25) is 0 Å². The van der Waals surface area contributed by atoms with Crippen LogP contribution in [0.15, 0.2) is 42.1 Å². The molecule has 4 rings (SSSR count). The van der Waals surface area contributed by atoms with Crippen LogP contribution in [0.1, 0.15) is 22.6 Å². The lowest BCUT2D eigenvalue weighted by atomic mass is 9.66. The number of carbonyl (C=O) groups is 1. The molecule has 1 aliphatic carbocycles. The van der Waals surface area contributed by atoms with Crippen LogP contribution in [0.25, 0.3) is 0 Å². The molecule has 2 aliphatic rings. The summed E-state index contributed by atoms with van der Waals surface area (Å²) in [5.41, 5.74) is 2.73. The molecule has 2 aromatic rings. The van der Waals surface area contributed by atoms with E-state index in [9.17, 15) is 4.79 Å². The number of fused-ring (bicyclic) bond motifs is 2. The highest BCUT2D eigenvalue weighted by Crippen LogP contribution is 2.50. The smallest absolute Gasteiger partial charge is 0.310 e. The second-order valence-electron chi connectivity index (χ2n) is 8.10. The fourth-order valence-electron chi connectivity index (χ4n) is 4.76. The Morgan fingerprint density at radius 1 is 1.06 bits per heavy atom. The SMILES string of the molecule is C=CCO/N=C/[C@@H]1Cc2cc3c(cc2[C@@H](c2cc(OC)c(OC)c(OC)c2)[C@@H]1C(=O)OC)OCO3. The molecule has 0 amide bonds. The minimum Gasteiger partial charge on any atom is -0.493 e. The van der Waals surface area contributed by atoms with E-state index in [2.05, 4.69) is 11.7 Å². The number of carbonyl (C=O) groups excluding carboxylic acids is 1. The summed E-state index contributed by atoms with van der Waals surface area (Å²) < 4.78 is 33.2. The molecule has 9 heteroatoms. The van der Waals surface area contributed by atoms with Crippen LogP contribution in [0.4, 0.5) is 0 Å². The summed E-state index contributed by atoms with van der Waals surface area (Å²) in [6.07, 6.45) is 3.79. The molecule has 0 saturated heterocycles. The zero-order chi connectivity index (χ0) is 24.9. The van der Waals surface area contributed by atoms with Crippen molar-refractivity contribution in [2.45, 2.75) is 12.3 Å². The van der Waals surface area contributed by atoms with Crippen LogP contribution in [0, 0.1) is 11.8 Å². The predicted molar refractivity (Wildman–Crippen MR) is 128 cm³/mol. The van der Waals surface area contributed by atoms with Gasteiger partial charge in [0.15, 0.2) is 23.0 Å². The van der Waals surface area contributed by atoms with Gasteiger partial charge < -0.3 is 33.3 Å². The zero-order valence-electron chi connectivity index (χ0n) is 20.2. The summed E-state index contributed by atoms with van der Waals surface area (Å²) in [4.78, 5) is 18.5. The first kappa shape index (κ1) is 24.3. The summed E-state index contributed by atoms with van der Waals surface area (Å²) >= 11 is 0. The van der Waals surface area contributed by atoms with E-state index in [1.807, 2.05) is 24.3 Å². The average Bonchev–Trinajstić information content (AvgIpc) is 3.35. The molecular weight excluding hydrogens is 454 g/mol. The second kappa shape index (κ2) is 10.6. The van der Waals surface area contributed by atoms with Crippen molar-refractivity contribution in [2.24, 2.45) is 17.0 Å². The molecule has 0 unspecified atom stereocenters. The van der Waals surface area contributed by atoms with Crippen molar-refractivity contribution in [3.8, 4) is 28.7 Å². The van der Waals surface area contributed by atoms with E-state index >= 15 is 0 Å². The Balaban J connectivity index is 1.92. The fourth-order valence-corrected chi connectivity index (χ4v) is 4.76. The lowest BCUT2D eigenvalue weighted by Gasteiger charge is -2.37. The van der Waals surface area contributed by atoms with Crippen molar-refractivity contribution in [1.29, 1.82) is 0 Å². The molecule has 0 fully saturated rings. The van der Waals surface area contributed by atoms with E-state index in [0.717, 1.165) is 16.7 Å². The van der Waals surface area contributed by atoms with Crippen molar-refractivity contribution < 1.29 is 38.1 Å². The normalized spacial score (nSPS) is 20.2. The molecule has 0 bridgehead atoms. The van der Waals surface area contributed by atoms with E-state index in [1.165, 1.54) is 7.11 Å². The Hall–Kier alpha value is -3.88. The van der Waals surface area contributed by atoms with Crippen molar-refractivity contribution in [3.63, 3.8) is 0 Å². The molecule has 3 atom stereocenters. The van der Waals surface area contributed by atoms with Gasteiger partial charge in [-0.05, 0) is 47.4 Å². The second-order valence-corrected chi connectivity index (χ2v) is 8.10. The standard InChI is InChI=1S/C26H29NO8/c1-6-7-35-27-13-17-8-15-9-19-20(34-14-33-19)12-18(15)23(24(17)26(28)32-5)16-10-21(29-2)25(31-4)22(11-16)30-3/h6,9-13,17,23-24H,1,7-8,14H2,2-5H3/b27-13+/t17-,23+,24+/m0/s1. The third kappa shape index (κ3) is 4.58. The van der Waals surface area contributed by atoms with Crippen LogP contribution in [0.5, 0.6) is 28.7 Å². The lowest BCUT2D eigenvalue weighted by molar-refractivity contribution is -0.147. The molecule has 0 saturated carbocycles. The summed E-state index contributed by atoms with van der Waals surface area (Å²) in [5.74, 6) is 1.02. The Morgan fingerprint density at radius 3 is 2.34 bits per heavy atom. The minimum absolute atomic E-state index is 0.147. The number of esters is 1. The first-order chi connectivity index (χ1) is 17.1. The van der Waals surface area contributed by atoms with E-state index < -0.39 is 11.8 Å².